The molecule has 22 heavy (non-hydrogen) atoms. The van der Waals surface area contributed by atoms with Gasteiger partial charge in [-0.1, -0.05) is 147 Å². The summed E-state index contributed by atoms with van der Waals surface area (Å²) < 4.78 is 0. The van der Waals surface area contributed by atoms with Crippen LogP contribution in [0.1, 0.15) is 64.2 Å². The highest BCUT2D eigenvalue weighted by Gasteiger charge is 2.34. The normalized spacial score (nSPS) is 41.2. The largest absolute Gasteiger partial charge is 0.0878 e. The summed E-state index contributed by atoms with van der Waals surface area (Å²) in [5, 5.41) is 0. The number of halogens is 6. The summed E-state index contributed by atoms with van der Waals surface area (Å²) in [5.74, 6) is 0. The lowest BCUT2D eigenvalue weighted by atomic mass is 10.0. The molecule has 1 fully saturated rings. The first-order chi connectivity index (χ1) is 10.4. The van der Waals surface area contributed by atoms with Crippen molar-refractivity contribution >= 4 is 95.6 Å². The zero-order valence-corrected chi connectivity index (χ0v) is 22.3. The second-order valence-corrected chi connectivity index (χ2v) is 12.8. The fourth-order valence-electron chi connectivity index (χ4n) is 2.81. The maximum Gasteiger partial charge on any atom is 0.0418 e. The van der Waals surface area contributed by atoms with Gasteiger partial charge in [0, 0.05) is 29.0 Å². The molecule has 1 aliphatic rings. The molecule has 0 nitrogen and oxygen atoms in total. The van der Waals surface area contributed by atoms with E-state index in [1.807, 2.05) is 0 Å². The quantitative estimate of drug-likeness (QED) is 0.223. The van der Waals surface area contributed by atoms with Crippen LogP contribution in [0.2, 0.25) is 0 Å². The van der Waals surface area contributed by atoms with Crippen molar-refractivity contribution in [1.29, 1.82) is 0 Å². The molecule has 6 heteroatoms. The van der Waals surface area contributed by atoms with E-state index < -0.39 is 0 Å². The van der Waals surface area contributed by atoms with E-state index in [0.717, 1.165) is 0 Å². The van der Waals surface area contributed by atoms with Crippen molar-refractivity contribution in [3.05, 3.63) is 0 Å². The molecule has 0 aromatic heterocycles. The molecule has 0 saturated heterocycles. The fraction of sp³-hybridized carbons (Fsp3) is 1.00. The zero-order chi connectivity index (χ0) is 16.5. The van der Waals surface area contributed by atoms with Gasteiger partial charge >= 0.3 is 0 Å². The first-order valence-corrected chi connectivity index (χ1v) is 13.8. The van der Waals surface area contributed by atoms with Gasteiger partial charge in [-0.2, -0.15) is 0 Å². The van der Waals surface area contributed by atoms with E-state index in [2.05, 4.69) is 95.6 Å². The third-order valence-corrected chi connectivity index (χ3v) is 14.6. The molecule has 0 radical (unpaired) electrons. The number of rotatable bonds is 0. The van der Waals surface area contributed by atoms with Crippen molar-refractivity contribution in [3.8, 4) is 0 Å². The molecule has 132 valence electrons. The van der Waals surface area contributed by atoms with E-state index in [4.69, 9.17) is 0 Å². The highest BCUT2D eigenvalue weighted by molar-refractivity contribution is 9.15. The summed E-state index contributed by atoms with van der Waals surface area (Å²) in [6.07, 6.45) is 13.5. The fourth-order valence-corrected chi connectivity index (χ4v) is 8.33. The van der Waals surface area contributed by atoms with Gasteiger partial charge in [0.25, 0.3) is 0 Å². The minimum Gasteiger partial charge on any atom is -0.0878 e. The Labute approximate surface area is 186 Å². The Morgan fingerprint density at radius 1 is 0.364 bits per heavy atom. The van der Waals surface area contributed by atoms with Crippen LogP contribution < -0.4 is 0 Å². The second kappa shape index (κ2) is 13.1. The van der Waals surface area contributed by atoms with Crippen molar-refractivity contribution in [1.82, 2.24) is 0 Å². The number of hydrogen-bond donors (Lipinski definition) is 0. The average Bonchev–Trinajstić information content (AvgIpc) is 2.52. The highest BCUT2D eigenvalue weighted by Crippen LogP contribution is 2.37. The van der Waals surface area contributed by atoms with Crippen LogP contribution >= 0.6 is 95.6 Å². The van der Waals surface area contributed by atoms with Crippen LogP contribution in [-0.2, 0) is 0 Å². The number of alkyl halides is 6. The van der Waals surface area contributed by atoms with Gasteiger partial charge in [-0.3, -0.25) is 0 Å². The Morgan fingerprint density at radius 2 is 0.636 bits per heavy atom. The average molecular weight is 698 g/mol. The van der Waals surface area contributed by atoms with Gasteiger partial charge in [-0.25, -0.2) is 0 Å². The minimum absolute atomic E-state index is 0.384. The third-order valence-electron chi connectivity index (χ3n) is 4.31. The van der Waals surface area contributed by atoms with E-state index in [1.54, 1.807) is 0 Å². The monoisotopic (exact) mass is 692 g/mol. The Morgan fingerprint density at radius 3 is 0.955 bits per heavy atom. The molecule has 0 aromatic rings. The molecule has 0 aromatic carbocycles. The van der Waals surface area contributed by atoms with Crippen LogP contribution in [0.25, 0.3) is 0 Å². The molecule has 1 saturated carbocycles. The Hall–Kier alpha value is 2.88. The molecule has 6 unspecified atom stereocenters. The Bertz CT molecular complexity index is 260. The van der Waals surface area contributed by atoms with E-state index in [1.165, 1.54) is 64.2 Å². The minimum atomic E-state index is 0.384. The lowest BCUT2D eigenvalue weighted by molar-refractivity contribution is 0.533. The number of hydrogen-bond acceptors (Lipinski definition) is 0. The van der Waals surface area contributed by atoms with Crippen molar-refractivity contribution in [2.75, 3.05) is 0 Å². The molecule has 1 rings (SSSR count). The zero-order valence-electron chi connectivity index (χ0n) is 12.8. The molecule has 0 aliphatic heterocycles. The Kier molecular flexibility index (Phi) is 13.7. The summed E-state index contributed by atoms with van der Waals surface area (Å²) >= 11 is 23.4. The SMILES string of the molecule is BrC1CCCCCCCCCCC(Br)C(Br)C(Br)C(Br)C1Br. The van der Waals surface area contributed by atoms with Gasteiger partial charge in [-0.05, 0) is 12.8 Å². The van der Waals surface area contributed by atoms with Crippen LogP contribution in [0, 0.1) is 0 Å². The molecular weight excluding hydrogens is 672 g/mol. The molecule has 0 heterocycles. The van der Waals surface area contributed by atoms with Crippen LogP contribution in [0.3, 0.4) is 0 Å². The van der Waals surface area contributed by atoms with Crippen molar-refractivity contribution in [2.45, 2.75) is 93.2 Å². The molecule has 0 bridgehead atoms. The van der Waals surface area contributed by atoms with Crippen LogP contribution in [0.5, 0.6) is 0 Å². The Balaban J connectivity index is 2.62. The molecule has 0 spiro atoms. The van der Waals surface area contributed by atoms with E-state index in [0.29, 0.717) is 29.0 Å². The molecule has 1 aliphatic carbocycles. The first kappa shape index (κ1) is 22.9. The summed E-state index contributed by atoms with van der Waals surface area (Å²) in [4.78, 5) is 2.63. The third kappa shape index (κ3) is 8.51. The van der Waals surface area contributed by atoms with Crippen LogP contribution in [0.15, 0.2) is 0 Å². The smallest absolute Gasteiger partial charge is 0.0418 e. The van der Waals surface area contributed by atoms with Gasteiger partial charge in [0.1, 0.15) is 0 Å². The maximum atomic E-state index is 3.91. The van der Waals surface area contributed by atoms with Gasteiger partial charge in [0.05, 0.1) is 0 Å². The van der Waals surface area contributed by atoms with Crippen molar-refractivity contribution < 1.29 is 0 Å². The van der Waals surface area contributed by atoms with Crippen molar-refractivity contribution in [2.24, 2.45) is 0 Å². The van der Waals surface area contributed by atoms with Gasteiger partial charge in [-0.15, -0.1) is 0 Å². The topological polar surface area (TPSA) is 0 Å². The summed E-state index contributed by atoms with van der Waals surface area (Å²) in [6, 6.07) is 0. The highest BCUT2D eigenvalue weighted by atomic mass is 79.9. The van der Waals surface area contributed by atoms with Crippen molar-refractivity contribution in [3.63, 3.8) is 0 Å². The predicted octanol–water partition coefficient (Wildman–Crippen LogP) is 8.48. The lowest BCUT2D eigenvalue weighted by Gasteiger charge is -2.31. The van der Waals surface area contributed by atoms with E-state index in [-0.39, 0.29) is 0 Å². The van der Waals surface area contributed by atoms with Crippen LogP contribution in [0.4, 0.5) is 0 Å². The first-order valence-electron chi connectivity index (χ1n) is 8.29. The lowest BCUT2D eigenvalue weighted by Crippen LogP contribution is -2.38. The summed E-state index contributed by atoms with van der Waals surface area (Å²) in [7, 11) is 0. The maximum absolute atomic E-state index is 3.91. The van der Waals surface area contributed by atoms with Gasteiger partial charge in [0.15, 0.2) is 0 Å². The molecule has 0 amide bonds. The molecular formula is C16H26Br6. The summed E-state index contributed by atoms with van der Waals surface area (Å²) in [5.41, 5.74) is 0. The van der Waals surface area contributed by atoms with E-state index in [9.17, 15) is 0 Å². The predicted molar refractivity (Wildman–Crippen MR) is 122 cm³/mol. The standard InChI is InChI=1S/C16H26Br6/c17-11-9-7-5-3-1-2-4-6-8-10-12(18)14(20)16(22)15(21)13(11)19/h11-16H,1-10H2. The summed E-state index contributed by atoms with van der Waals surface area (Å²) in [6.45, 7) is 0. The van der Waals surface area contributed by atoms with Crippen LogP contribution in [-0.4, -0.2) is 29.0 Å². The molecule has 0 N–H and O–H groups in total. The van der Waals surface area contributed by atoms with E-state index >= 15 is 0 Å². The molecule has 6 atom stereocenters. The van der Waals surface area contributed by atoms with Gasteiger partial charge in [0.2, 0.25) is 0 Å². The second-order valence-electron chi connectivity index (χ2n) is 6.22. The van der Waals surface area contributed by atoms with Gasteiger partial charge < -0.3 is 0 Å².